The maximum atomic E-state index is 14.0. The fraction of sp³-hybridized carbons (Fsp3) is 0.372. The molecule has 1 N–H and O–H groups in total. The zero-order chi connectivity index (χ0) is 36.7. The highest BCUT2D eigenvalue weighted by molar-refractivity contribution is 6.91. The molecule has 0 unspecified atom stereocenters. The highest BCUT2D eigenvalue weighted by Crippen LogP contribution is 2.46. The van der Waals surface area contributed by atoms with Crippen LogP contribution in [0.5, 0.6) is 5.75 Å². The van der Waals surface area contributed by atoms with Crippen LogP contribution in [-0.2, 0) is 27.3 Å². The summed E-state index contributed by atoms with van der Waals surface area (Å²) in [4.78, 5) is 28.6. The molecule has 2 heterocycles. The first-order chi connectivity index (χ1) is 25.2. The van der Waals surface area contributed by atoms with Crippen LogP contribution < -0.4 is 14.9 Å². The standard InChI is InChI=1S/C43H51N3O5Si/c1-31-39(25-17-32-15-18-35(19-16-32)46-41(48)26-24-38(44-46)34-13-9-6-10-14-34)51-40(43(31)52(3,4)37-22-20-36(50-2)21-23-37)29-42(49)45(27-28-47)30-33-11-7-5-8-12-33/h5-16,18-23,31,39-40,43,47H,17,24-30H2,1-4H3/t31-,39+,40-,43+/m1/s1. The molecule has 1 saturated heterocycles. The molecule has 2 aliphatic rings. The Morgan fingerprint density at radius 2 is 1.58 bits per heavy atom. The summed E-state index contributed by atoms with van der Waals surface area (Å²) in [5.74, 6) is 1.06. The van der Waals surface area contributed by atoms with E-state index in [1.165, 1.54) is 10.2 Å². The van der Waals surface area contributed by atoms with Crippen LogP contribution in [0, 0.1) is 5.92 Å². The second-order valence-corrected chi connectivity index (χ2v) is 19.3. The van der Waals surface area contributed by atoms with E-state index in [-0.39, 0.29) is 55.1 Å². The molecule has 4 aromatic carbocycles. The van der Waals surface area contributed by atoms with E-state index in [4.69, 9.17) is 14.6 Å². The smallest absolute Gasteiger partial charge is 0.247 e. The number of benzene rings is 4. The van der Waals surface area contributed by atoms with Crippen molar-refractivity contribution < 1.29 is 24.2 Å². The molecule has 4 atom stereocenters. The number of aliphatic hydroxyl groups excluding tert-OH is 1. The zero-order valence-corrected chi connectivity index (χ0v) is 31.8. The average molecular weight is 718 g/mol. The third-order valence-electron chi connectivity index (χ3n) is 10.9. The largest absolute Gasteiger partial charge is 0.497 e. The summed E-state index contributed by atoms with van der Waals surface area (Å²) in [7, 11) is -0.485. The van der Waals surface area contributed by atoms with Gasteiger partial charge in [-0.2, -0.15) is 5.10 Å². The van der Waals surface area contributed by atoms with E-state index in [0.717, 1.165) is 46.7 Å². The van der Waals surface area contributed by atoms with Gasteiger partial charge in [0.15, 0.2) is 0 Å². The second kappa shape index (κ2) is 16.8. The summed E-state index contributed by atoms with van der Waals surface area (Å²) in [6, 6.07) is 36.5. The Kier molecular flexibility index (Phi) is 12.0. The predicted octanol–water partition coefficient (Wildman–Crippen LogP) is 6.96. The molecular weight excluding hydrogens is 667 g/mol. The molecule has 0 bridgehead atoms. The van der Waals surface area contributed by atoms with Gasteiger partial charge in [-0.25, -0.2) is 5.01 Å². The third-order valence-corrected chi connectivity index (χ3v) is 15.3. The quantitative estimate of drug-likeness (QED) is 0.143. The minimum absolute atomic E-state index is 0.00112. The second-order valence-electron chi connectivity index (χ2n) is 14.6. The van der Waals surface area contributed by atoms with Crippen molar-refractivity contribution in [2.24, 2.45) is 11.0 Å². The van der Waals surface area contributed by atoms with E-state index in [0.29, 0.717) is 19.4 Å². The maximum Gasteiger partial charge on any atom is 0.247 e. The summed E-state index contributed by atoms with van der Waals surface area (Å²) in [5, 5.41) is 17.4. The van der Waals surface area contributed by atoms with Crippen LogP contribution in [-0.4, -0.2) is 68.1 Å². The first-order valence-corrected chi connectivity index (χ1v) is 21.5. The lowest BCUT2D eigenvalue weighted by molar-refractivity contribution is -0.135. The summed E-state index contributed by atoms with van der Waals surface area (Å²) in [6.07, 6.45) is 2.70. The monoisotopic (exact) mass is 717 g/mol. The Hall–Kier alpha value is -4.57. The molecule has 2 amide bonds. The van der Waals surface area contributed by atoms with Gasteiger partial charge in [0.2, 0.25) is 11.8 Å². The number of carbonyl (C=O) groups is 2. The van der Waals surface area contributed by atoms with Gasteiger partial charge in [-0.1, -0.05) is 110 Å². The Morgan fingerprint density at radius 3 is 2.23 bits per heavy atom. The summed E-state index contributed by atoms with van der Waals surface area (Å²) < 4.78 is 12.4. The van der Waals surface area contributed by atoms with Crippen molar-refractivity contribution in [3.8, 4) is 5.75 Å². The van der Waals surface area contributed by atoms with Crippen LogP contribution in [0.1, 0.15) is 49.3 Å². The van der Waals surface area contributed by atoms with Gasteiger partial charge in [0.1, 0.15) is 5.75 Å². The molecule has 1 fully saturated rings. The van der Waals surface area contributed by atoms with E-state index >= 15 is 0 Å². The first-order valence-electron chi connectivity index (χ1n) is 18.4. The number of aryl methyl sites for hydroxylation is 1. The number of hydrogen-bond acceptors (Lipinski definition) is 6. The Bertz CT molecular complexity index is 1820. The molecule has 0 radical (unpaired) electrons. The van der Waals surface area contributed by atoms with Crippen LogP contribution in [0.25, 0.3) is 0 Å². The number of carbonyl (C=O) groups excluding carboxylic acids is 2. The van der Waals surface area contributed by atoms with Gasteiger partial charge in [-0.15, -0.1) is 0 Å². The van der Waals surface area contributed by atoms with Crippen molar-refractivity contribution in [2.45, 2.75) is 76.4 Å². The van der Waals surface area contributed by atoms with E-state index < -0.39 is 8.07 Å². The normalized spacial score (nSPS) is 20.4. The van der Waals surface area contributed by atoms with E-state index in [1.54, 1.807) is 12.0 Å². The number of methoxy groups -OCH3 is 1. The van der Waals surface area contributed by atoms with Crippen molar-refractivity contribution in [2.75, 3.05) is 25.3 Å². The van der Waals surface area contributed by atoms with Crippen LogP contribution in [0.4, 0.5) is 5.69 Å². The fourth-order valence-electron chi connectivity index (χ4n) is 8.07. The SMILES string of the molecule is COc1ccc([Si](C)(C)[C@H]2[C@H](C)[C@H](CCc3ccc(N4N=C(c5ccccc5)CCC4=O)cc3)O[C@@H]2CC(=O)N(CCO)Cc2ccccc2)cc1. The van der Waals surface area contributed by atoms with Crippen molar-refractivity contribution in [1.29, 1.82) is 0 Å². The predicted molar refractivity (Wildman–Crippen MR) is 210 cm³/mol. The number of anilines is 1. The maximum absolute atomic E-state index is 14.0. The number of hydrazone groups is 1. The Morgan fingerprint density at radius 1 is 0.904 bits per heavy atom. The van der Waals surface area contributed by atoms with E-state index in [9.17, 15) is 14.7 Å². The van der Waals surface area contributed by atoms with E-state index in [1.807, 2.05) is 84.9 Å². The van der Waals surface area contributed by atoms with Gasteiger partial charge in [-0.3, -0.25) is 9.59 Å². The number of aliphatic hydroxyl groups is 1. The number of ether oxygens (including phenoxy) is 2. The van der Waals surface area contributed by atoms with Gasteiger partial charge in [0.25, 0.3) is 0 Å². The van der Waals surface area contributed by atoms with Crippen LogP contribution in [0.15, 0.2) is 114 Å². The molecule has 8 nitrogen and oxygen atoms in total. The molecule has 2 aliphatic heterocycles. The molecule has 52 heavy (non-hydrogen) atoms. The van der Waals surface area contributed by atoms with Crippen LogP contribution >= 0.6 is 0 Å². The van der Waals surface area contributed by atoms with Crippen LogP contribution in [0.2, 0.25) is 18.6 Å². The van der Waals surface area contributed by atoms with Crippen molar-refractivity contribution in [3.05, 3.63) is 126 Å². The lowest BCUT2D eigenvalue weighted by Crippen LogP contribution is -2.51. The zero-order valence-electron chi connectivity index (χ0n) is 30.8. The summed E-state index contributed by atoms with van der Waals surface area (Å²) in [5.41, 5.74) is 5.12. The first kappa shape index (κ1) is 37.2. The van der Waals surface area contributed by atoms with Gasteiger partial charge in [0, 0.05) is 25.9 Å². The van der Waals surface area contributed by atoms with Crippen molar-refractivity contribution >= 4 is 36.5 Å². The molecule has 4 aromatic rings. The topological polar surface area (TPSA) is 91.7 Å². The lowest BCUT2D eigenvalue weighted by atomic mass is 9.95. The highest BCUT2D eigenvalue weighted by atomic mass is 28.3. The summed E-state index contributed by atoms with van der Waals surface area (Å²) in [6.45, 7) is 7.71. The molecule has 6 rings (SSSR count). The highest BCUT2D eigenvalue weighted by Gasteiger charge is 2.51. The Balaban J connectivity index is 1.18. The van der Waals surface area contributed by atoms with Crippen LogP contribution in [0.3, 0.4) is 0 Å². The molecular formula is C43H51N3O5Si. The average Bonchev–Trinajstić information content (AvgIpc) is 3.49. The lowest BCUT2D eigenvalue weighted by Gasteiger charge is -2.36. The molecule has 0 spiro atoms. The molecule has 0 aliphatic carbocycles. The number of rotatable bonds is 14. The molecule has 0 aromatic heterocycles. The molecule has 0 saturated carbocycles. The third kappa shape index (κ3) is 8.55. The fourth-order valence-corrected chi connectivity index (χ4v) is 12.1. The van der Waals surface area contributed by atoms with Gasteiger partial charge < -0.3 is 19.5 Å². The Labute approximate surface area is 309 Å². The van der Waals surface area contributed by atoms with Gasteiger partial charge in [-0.05, 0) is 65.3 Å². The van der Waals surface area contributed by atoms with Gasteiger partial charge >= 0.3 is 0 Å². The minimum Gasteiger partial charge on any atom is -0.497 e. The van der Waals surface area contributed by atoms with E-state index in [2.05, 4.69) is 44.3 Å². The number of hydrogen-bond donors (Lipinski definition) is 1. The van der Waals surface area contributed by atoms with Crippen molar-refractivity contribution in [3.63, 3.8) is 0 Å². The molecule has 272 valence electrons. The number of nitrogens with zero attached hydrogens (tertiary/aromatic N) is 3. The minimum atomic E-state index is -2.17. The number of amides is 2. The van der Waals surface area contributed by atoms with Gasteiger partial charge in [0.05, 0.1) is 51.8 Å². The summed E-state index contributed by atoms with van der Waals surface area (Å²) >= 11 is 0. The van der Waals surface area contributed by atoms with Crippen molar-refractivity contribution in [1.82, 2.24) is 4.90 Å². The molecule has 9 heteroatoms.